The van der Waals surface area contributed by atoms with E-state index in [9.17, 15) is 4.79 Å². The fourth-order valence-corrected chi connectivity index (χ4v) is 4.84. The van der Waals surface area contributed by atoms with Crippen LogP contribution in [0.3, 0.4) is 0 Å². The number of benzene rings is 3. The van der Waals surface area contributed by atoms with Gasteiger partial charge in [0.15, 0.2) is 0 Å². The first-order valence-electron chi connectivity index (χ1n) is 9.28. The third kappa shape index (κ3) is 2.28. The highest BCUT2D eigenvalue weighted by molar-refractivity contribution is 6.17. The normalized spacial score (nSPS) is 24.3. The number of hydrogen-bond acceptors (Lipinski definition) is 1. The Balaban J connectivity index is 1.71. The predicted octanol–water partition coefficient (Wildman–Crippen LogP) is 5.60. The van der Waals surface area contributed by atoms with Crippen LogP contribution in [0.15, 0.2) is 91.0 Å². The van der Waals surface area contributed by atoms with Crippen LogP contribution in [0, 0.1) is 11.8 Å². The van der Waals surface area contributed by atoms with E-state index in [4.69, 9.17) is 0 Å². The highest BCUT2D eigenvalue weighted by atomic mass is 16.1. The van der Waals surface area contributed by atoms with Gasteiger partial charge in [-0.2, -0.15) is 0 Å². The van der Waals surface area contributed by atoms with E-state index in [-0.39, 0.29) is 17.8 Å². The number of carbonyl (C=O) groups is 1. The van der Waals surface area contributed by atoms with Crippen molar-refractivity contribution in [3.8, 4) is 0 Å². The van der Waals surface area contributed by atoms with Crippen LogP contribution in [0.5, 0.6) is 0 Å². The first-order valence-corrected chi connectivity index (χ1v) is 9.28. The minimum atomic E-state index is -0.0278. The summed E-state index contributed by atoms with van der Waals surface area (Å²) in [6, 6.07) is 31.5. The number of Topliss-reactive ketones (excluding diaryl/α,β-unsaturated/α-hetero) is 1. The summed E-state index contributed by atoms with van der Waals surface area (Å²) in [5.41, 5.74) is 6.16. The molecule has 0 spiro atoms. The van der Waals surface area contributed by atoms with E-state index >= 15 is 0 Å². The maximum Gasteiger partial charge on any atom is 0.148 e. The van der Waals surface area contributed by atoms with Crippen molar-refractivity contribution in [3.63, 3.8) is 0 Å². The van der Waals surface area contributed by atoms with Crippen LogP contribution in [-0.2, 0) is 4.79 Å². The van der Waals surface area contributed by atoms with Gasteiger partial charge >= 0.3 is 0 Å². The van der Waals surface area contributed by atoms with E-state index in [0.717, 1.165) is 6.42 Å². The molecule has 2 aliphatic rings. The van der Waals surface area contributed by atoms with Gasteiger partial charge in [-0.25, -0.2) is 0 Å². The molecule has 1 fully saturated rings. The maximum absolute atomic E-state index is 13.3. The summed E-state index contributed by atoms with van der Waals surface area (Å²) < 4.78 is 0. The fourth-order valence-electron chi connectivity index (χ4n) is 4.84. The molecule has 1 saturated carbocycles. The minimum Gasteiger partial charge on any atom is -0.298 e. The highest BCUT2D eigenvalue weighted by Gasteiger charge is 2.53. The number of rotatable bonds is 3. The standard InChI is InChI=1S/C25H20O/c26-25-21-16-20(17-10-4-1-5-11-17)24(25)23(19-14-8-3-9-15-19)22(21)18-12-6-2-7-13-18/h1-15,20-21,24H,16H2/t20-,21-,24+/m0/s1. The summed E-state index contributed by atoms with van der Waals surface area (Å²) in [6.07, 6.45) is 0.925. The van der Waals surface area contributed by atoms with Gasteiger partial charge in [-0.05, 0) is 40.2 Å². The second-order valence-electron chi connectivity index (χ2n) is 7.24. The smallest absolute Gasteiger partial charge is 0.148 e. The van der Waals surface area contributed by atoms with Crippen molar-refractivity contribution in [2.45, 2.75) is 12.3 Å². The zero-order chi connectivity index (χ0) is 17.5. The molecule has 0 unspecified atom stereocenters. The van der Waals surface area contributed by atoms with Gasteiger partial charge in [-0.15, -0.1) is 0 Å². The molecule has 0 aliphatic heterocycles. The molecule has 26 heavy (non-hydrogen) atoms. The number of carbonyl (C=O) groups excluding carboxylic acids is 1. The number of fused-ring (bicyclic) bond motifs is 2. The quantitative estimate of drug-likeness (QED) is 0.608. The Labute approximate surface area is 154 Å². The molecule has 2 aliphatic carbocycles. The molecular weight excluding hydrogens is 316 g/mol. The highest BCUT2D eigenvalue weighted by Crippen LogP contribution is 2.59. The SMILES string of the molecule is O=C1[C@H]2C[C@@H](c3ccccc3)[C@@H]1C(c1ccccc1)=C2c1ccccc1. The Hall–Kier alpha value is -2.93. The van der Waals surface area contributed by atoms with Crippen molar-refractivity contribution < 1.29 is 4.79 Å². The van der Waals surface area contributed by atoms with Crippen molar-refractivity contribution >= 4 is 16.9 Å². The second kappa shape index (κ2) is 6.10. The van der Waals surface area contributed by atoms with Crippen LogP contribution < -0.4 is 0 Å². The molecule has 5 rings (SSSR count). The van der Waals surface area contributed by atoms with Gasteiger partial charge in [0.1, 0.15) is 5.78 Å². The topological polar surface area (TPSA) is 17.1 Å². The third-order valence-corrected chi connectivity index (χ3v) is 5.89. The average Bonchev–Trinajstić information content (AvgIpc) is 3.20. The van der Waals surface area contributed by atoms with Gasteiger partial charge in [0.05, 0.1) is 5.92 Å². The van der Waals surface area contributed by atoms with E-state index in [1.165, 1.54) is 27.8 Å². The van der Waals surface area contributed by atoms with Crippen LogP contribution in [0.25, 0.3) is 11.1 Å². The molecular formula is C25H20O. The Bertz CT molecular complexity index is 970. The van der Waals surface area contributed by atoms with Crippen molar-refractivity contribution in [2.75, 3.05) is 0 Å². The van der Waals surface area contributed by atoms with Gasteiger partial charge in [0.25, 0.3) is 0 Å². The summed E-state index contributed by atoms with van der Waals surface area (Å²) in [5.74, 6) is 0.677. The Kier molecular flexibility index (Phi) is 3.60. The lowest BCUT2D eigenvalue weighted by molar-refractivity contribution is -0.120. The molecule has 3 atom stereocenters. The molecule has 1 heteroatoms. The monoisotopic (exact) mass is 336 g/mol. The molecule has 0 N–H and O–H groups in total. The lowest BCUT2D eigenvalue weighted by Crippen LogP contribution is -2.14. The third-order valence-electron chi connectivity index (χ3n) is 5.89. The maximum atomic E-state index is 13.3. The molecule has 3 aromatic carbocycles. The van der Waals surface area contributed by atoms with Gasteiger partial charge in [-0.1, -0.05) is 91.0 Å². The molecule has 0 saturated heterocycles. The lowest BCUT2D eigenvalue weighted by Gasteiger charge is -2.27. The van der Waals surface area contributed by atoms with E-state index < -0.39 is 0 Å². The van der Waals surface area contributed by atoms with Crippen molar-refractivity contribution in [2.24, 2.45) is 11.8 Å². The van der Waals surface area contributed by atoms with Crippen LogP contribution in [0.4, 0.5) is 0 Å². The first-order chi connectivity index (χ1) is 12.8. The van der Waals surface area contributed by atoms with Crippen molar-refractivity contribution in [3.05, 3.63) is 108 Å². The molecule has 2 bridgehead atoms. The summed E-state index contributed by atoms with van der Waals surface area (Å²) in [4.78, 5) is 13.3. The molecule has 0 amide bonds. The minimum absolute atomic E-state index is 0.0165. The molecule has 0 aromatic heterocycles. The largest absolute Gasteiger partial charge is 0.298 e. The Morgan fingerprint density at radius 1 is 0.615 bits per heavy atom. The predicted molar refractivity (Wildman–Crippen MR) is 105 cm³/mol. The fraction of sp³-hybridized carbons (Fsp3) is 0.160. The van der Waals surface area contributed by atoms with Crippen LogP contribution in [0.2, 0.25) is 0 Å². The molecule has 3 aromatic rings. The summed E-state index contributed by atoms with van der Waals surface area (Å²) in [5, 5.41) is 0. The number of hydrogen-bond donors (Lipinski definition) is 0. The first kappa shape index (κ1) is 15.3. The zero-order valence-electron chi connectivity index (χ0n) is 14.5. The van der Waals surface area contributed by atoms with Gasteiger partial charge in [0, 0.05) is 5.92 Å². The molecule has 0 radical (unpaired) electrons. The molecule has 126 valence electrons. The Morgan fingerprint density at radius 2 is 1.12 bits per heavy atom. The van der Waals surface area contributed by atoms with E-state index in [2.05, 4.69) is 72.8 Å². The van der Waals surface area contributed by atoms with E-state index in [1.807, 2.05) is 18.2 Å². The number of allylic oxidation sites excluding steroid dienone is 2. The summed E-state index contributed by atoms with van der Waals surface area (Å²) >= 11 is 0. The second-order valence-corrected chi connectivity index (χ2v) is 7.24. The summed E-state index contributed by atoms with van der Waals surface area (Å²) in [7, 11) is 0. The van der Waals surface area contributed by atoms with E-state index in [1.54, 1.807) is 0 Å². The van der Waals surface area contributed by atoms with Crippen molar-refractivity contribution in [1.29, 1.82) is 0 Å². The van der Waals surface area contributed by atoms with Crippen LogP contribution in [-0.4, -0.2) is 5.78 Å². The van der Waals surface area contributed by atoms with Gasteiger partial charge in [0.2, 0.25) is 0 Å². The lowest BCUT2D eigenvalue weighted by atomic mass is 9.76. The van der Waals surface area contributed by atoms with Gasteiger partial charge < -0.3 is 0 Å². The van der Waals surface area contributed by atoms with Gasteiger partial charge in [-0.3, -0.25) is 4.79 Å². The average molecular weight is 336 g/mol. The number of ketones is 1. The molecule has 1 nitrogen and oxygen atoms in total. The van der Waals surface area contributed by atoms with Crippen LogP contribution >= 0.6 is 0 Å². The van der Waals surface area contributed by atoms with Crippen molar-refractivity contribution in [1.82, 2.24) is 0 Å². The Morgan fingerprint density at radius 3 is 1.69 bits per heavy atom. The zero-order valence-corrected chi connectivity index (χ0v) is 14.5. The van der Waals surface area contributed by atoms with Crippen LogP contribution in [0.1, 0.15) is 29.0 Å². The molecule has 0 heterocycles. The van der Waals surface area contributed by atoms with E-state index in [0.29, 0.717) is 5.78 Å². The summed E-state index contributed by atoms with van der Waals surface area (Å²) in [6.45, 7) is 0.